The van der Waals surface area contributed by atoms with Gasteiger partial charge in [-0.25, -0.2) is 9.97 Å². The molecule has 2 heterocycles. The highest BCUT2D eigenvalue weighted by Gasteiger charge is 2.18. The number of nitrogens with one attached hydrogen (secondary N) is 1. The van der Waals surface area contributed by atoms with Crippen LogP contribution in [0.5, 0.6) is 0 Å². The van der Waals surface area contributed by atoms with Crippen molar-refractivity contribution in [2.45, 2.75) is 19.9 Å². The molecule has 0 aliphatic rings. The van der Waals surface area contributed by atoms with E-state index in [0.29, 0.717) is 16.5 Å². The molecule has 1 unspecified atom stereocenters. The number of benzene rings is 1. The van der Waals surface area contributed by atoms with E-state index in [2.05, 4.69) is 26.2 Å². The highest BCUT2D eigenvalue weighted by molar-refractivity contribution is 9.10. The molecule has 0 aliphatic carbocycles. The lowest BCUT2D eigenvalue weighted by Gasteiger charge is -2.21. The molecule has 2 N–H and O–H groups in total. The first-order valence-electron chi connectivity index (χ1n) is 7.67. The van der Waals surface area contributed by atoms with Crippen molar-refractivity contribution in [2.75, 3.05) is 11.9 Å². The predicted molar refractivity (Wildman–Crippen MR) is 100 cm³/mol. The van der Waals surface area contributed by atoms with Gasteiger partial charge in [0.2, 0.25) is 0 Å². The average molecular weight is 410 g/mol. The summed E-state index contributed by atoms with van der Waals surface area (Å²) in [5, 5.41) is 13.6. The fraction of sp³-hybridized carbons (Fsp3) is 0.294. The number of hydrogen-bond donors (Lipinski definition) is 2. The number of aliphatic hydroxyl groups excluding tert-OH is 1. The fourth-order valence-corrected chi connectivity index (χ4v) is 3.06. The Morgan fingerprint density at radius 1 is 1.33 bits per heavy atom. The Bertz CT molecular complexity index is 865. The second kappa shape index (κ2) is 7.09. The number of aliphatic hydroxyl groups is 1. The van der Waals surface area contributed by atoms with E-state index < -0.39 is 0 Å². The van der Waals surface area contributed by atoms with E-state index in [4.69, 9.17) is 16.6 Å². The monoisotopic (exact) mass is 408 g/mol. The number of anilines is 1. The number of imidazole rings is 1. The zero-order chi connectivity index (χ0) is 17.3. The maximum Gasteiger partial charge on any atom is 0.181 e. The number of halogens is 2. The van der Waals surface area contributed by atoms with Gasteiger partial charge in [-0.3, -0.25) is 4.40 Å². The summed E-state index contributed by atoms with van der Waals surface area (Å²) in [6, 6.07) is 7.46. The molecule has 0 amide bonds. The quantitative estimate of drug-likeness (QED) is 0.661. The van der Waals surface area contributed by atoms with Crippen molar-refractivity contribution < 1.29 is 5.11 Å². The third kappa shape index (κ3) is 3.27. The molecule has 0 saturated carbocycles. The first-order chi connectivity index (χ1) is 11.5. The van der Waals surface area contributed by atoms with Crippen LogP contribution in [-0.2, 0) is 0 Å². The van der Waals surface area contributed by atoms with Gasteiger partial charge in [0.1, 0.15) is 4.60 Å². The Hall–Kier alpha value is -1.63. The van der Waals surface area contributed by atoms with Crippen LogP contribution < -0.4 is 5.32 Å². The highest BCUT2D eigenvalue weighted by atomic mass is 79.9. The fourth-order valence-electron chi connectivity index (χ4n) is 2.45. The summed E-state index contributed by atoms with van der Waals surface area (Å²) < 4.78 is 2.73. The molecule has 0 bridgehead atoms. The average Bonchev–Trinajstić information content (AvgIpc) is 2.94. The predicted octanol–water partition coefficient (Wildman–Crippen LogP) is 4.24. The van der Waals surface area contributed by atoms with E-state index in [1.54, 1.807) is 6.20 Å². The van der Waals surface area contributed by atoms with Crippen molar-refractivity contribution in [3.05, 3.63) is 46.3 Å². The molecule has 24 heavy (non-hydrogen) atoms. The minimum absolute atomic E-state index is 0.0176. The lowest BCUT2D eigenvalue weighted by Crippen LogP contribution is -2.30. The van der Waals surface area contributed by atoms with Gasteiger partial charge in [-0.1, -0.05) is 43.6 Å². The molecule has 2 aromatic heterocycles. The molecule has 3 aromatic rings. The largest absolute Gasteiger partial charge is 0.394 e. The van der Waals surface area contributed by atoms with Gasteiger partial charge < -0.3 is 10.4 Å². The molecule has 5 nitrogen and oxygen atoms in total. The third-order valence-corrected chi connectivity index (χ3v) is 4.84. The van der Waals surface area contributed by atoms with Crippen LogP contribution in [0.15, 0.2) is 41.3 Å². The van der Waals surface area contributed by atoms with Gasteiger partial charge in [-0.05, 0) is 27.9 Å². The summed E-state index contributed by atoms with van der Waals surface area (Å²) in [4.78, 5) is 9.10. The molecule has 126 valence electrons. The van der Waals surface area contributed by atoms with Crippen molar-refractivity contribution in [3.8, 4) is 11.3 Å². The molecule has 7 heteroatoms. The Balaban J connectivity index is 2.16. The van der Waals surface area contributed by atoms with Crippen LogP contribution >= 0.6 is 27.5 Å². The number of rotatable bonds is 5. The van der Waals surface area contributed by atoms with Crippen LogP contribution in [-0.4, -0.2) is 32.1 Å². The zero-order valence-electron chi connectivity index (χ0n) is 13.4. The zero-order valence-corrected chi connectivity index (χ0v) is 15.7. The topological polar surface area (TPSA) is 62.5 Å². The highest BCUT2D eigenvalue weighted by Crippen LogP contribution is 2.30. The molecule has 0 saturated heterocycles. The maximum absolute atomic E-state index is 9.62. The number of aromatic nitrogens is 3. The normalized spacial score (nSPS) is 12.8. The van der Waals surface area contributed by atoms with Gasteiger partial charge in [-0.2, -0.15) is 0 Å². The van der Waals surface area contributed by atoms with Crippen molar-refractivity contribution in [1.29, 1.82) is 0 Å². The maximum atomic E-state index is 9.62. The minimum Gasteiger partial charge on any atom is -0.394 e. The first-order valence-corrected chi connectivity index (χ1v) is 8.84. The van der Waals surface area contributed by atoms with Crippen LogP contribution in [0.4, 0.5) is 5.82 Å². The van der Waals surface area contributed by atoms with Gasteiger partial charge >= 0.3 is 0 Å². The van der Waals surface area contributed by atoms with Crippen molar-refractivity contribution >= 4 is 39.0 Å². The summed E-state index contributed by atoms with van der Waals surface area (Å²) in [6.07, 6.45) is 3.62. The van der Waals surface area contributed by atoms with Gasteiger partial charge in [0.05, 0.1) is 29.6 Å². The minimum atomic E-state index is -0.113. The first kappa shape index (κ1) is 17.2. The summed E-state index contributed by atoms with van der Waals surface area (Å²) in [5.41, 5.74) is 2.27. The smallest absolute Gasteiger partial charge is 0.181 e. The molecule has 3 rings (SSSR count). The Kier molecular flexibility index (Phi) is 5.08. The second-order valence-corrected chi connectivity index (χ2v) is 7.13. The van der Waals surface area contributed by atoms with E-state index in [-0.39, 0.29) is 18.6 Å². The lowest BCUT2D eigenvalue weighted by atomic mass is 10.1. The molecular weight excluding hydrogens is 392 g/mol. The third-order valence-electron chi connectivity index (χ3n) is 3.92. The summed E-state index contributed by atoms with van der Waals surface area (Å²) in [5.74, 6) is 0.866. The van der Waals surface area contributed by atoms with E-state index in [0.717, 1.165) is 15.9 Å². The Labute approximate surface area is 153 Å². The van der Waals surface area contributed by atoms with Crippen molar-refractivity contribution in [3.63, 3.8) is 0 Å². The number of fused-ring (bicyclic) bond motifs is 1. The molecule has 1 atom stereocenters. The van der Waals surface area contributed by atoms with Crippen LogP contribution in [0.3, 0.4) is 0 Å². The Morgan fingerprint density at radius 3 is 2.75 bits per heavy atom. The number of hydrogen-bond acceptors (Lipinski definition) is 4. The van der Waals surface area contributed by atoms with Crippen LogP contribution in [0, 0.1) is 5.92 Å². The second-order valence-electron chi connectivity index (χ2n) is 5.91. The lowest BCUT2D eigenvalue weighted by molar-refractivity contribution is 0.249. The molecule has 0 radical (unpaired) electrons. The molecular formula is C17H18BrClN4O. The standard InChI is InChI=1S/C17H18BrClN4O/c1-10(2)14(9-24)22-16-17-20-7-15(18)23(17)8-13(21-16)11-5-3-4-6-12(11)19/h3-8,10,14,24H,9H2,1-2H3,(H,21,22). The van der Waals surface area contributed by atoms with Gasteiger partial charge in [0.25, 0.3) is 0 Å². The molecule has 1 aromatic carbocycles. The van der Waals surface area contributed by atoms with Crippen molar-refractivity contribution in [2.24, 2.45) is 5.92 Å². The Morgan fingerprint density at radius 2 is 2.08 bits per heavy atom. The summed E-state index contributed by atoms with van der Waals surface area (Å²) in [7, 11) is 0. The SMILES string of the molecule is CC(C)C(CO)Nc1nc(-c2ccccc2Cl)cn2c(Br)cnc12. The van der Waals surface area contributed by atoms with E-state index in [1.165, 1.54) is 0 Å². The molecule has 0 fully saturated rings. The van der Waals surface area contributed by atoms with E-state index in [1.807, 2.05) is 48.7 Å². The molecule has 0 aliphatic heterocycles. The summed E-state index contributed by atoms with van der Waals surface area (Å²) in [6.45, 7) is 4.11. The van der Waals surface area contributed by atoms with Crippen molar-refractivity contribution in [1.82, 2.24) is 14.4 Å². The van der Waals surface area contributed by atoms with Crippen LogP contribution in [0.2, 0.25) is 5.02 Å². The molecule has 0 spiro atoms. The summed E-state index contributed by atoms with van der Waals surface area (Å²) >= 11 is 9.82. The van der Waals surface area contributed by atoms with Gasteiger partial charge in [-0.15, -0.1) is 0 Å². The van der Waals surface area contributed by atoms with E-state index >= 15 is 0 Å². The van der Waals surface area contributed by atoms with Gasteiger partial charge in [0.15, 0.2) is 11.5 Å². The van der Waals surface area contributed by atoms with Crippen LogP contribution in [0.1, 0.15) is 13.8 Å². The van der Waals surface area contributed by atoms with Gasteiger partial charge in [0, 0.05) is 11.8 Å². The van der Waals surface area contributed by atoms with E-state index in [9.17, 15) is 5.11 Å². The number of nitrogens with zero attached hydrogens (tertiary/aromatic N) is 3. The van der Waals surface area contributed by atoms with Crippen LogP contribution in [0.25, 0.3) is 16.9 Å².